The molecular weight excluding hydrogens is 238 g/mol. The summed E-state index contributed by atoms with van der Waals surface area (Å²) in [5, 5.41) is 2.86. The molecule has 1 saturated heterocycles. The Balaban J connectivity index is 2.04. The molecular formula is C15H23N3O. The van der Waals surface area contributed by atoms with Crippen LogP contribution in [0, 0.1) is 5.92 Å². The molecule has 2 unspecified atom stereocenters. The number of rotatable bonds is 4. The van der Waals surface area contributed by atoms with Crippen molar-refractivity contribution < 1.29 is 4.79 Å². The molecule has 19 heavy (non-hydrogen) atoms. The Bertz CT molecular complexity index is 430. The predicted molar refractivity (Wildman–Crippen MR) is 77.5 cm³/mol. The number of hydrogen-bond donors (Lipinski definition) is 1. The molecule has 2 atom stereocenters. The normalized spacial score (nSPS) is 22.6. The van der Waals surface area contributed by atoms with Gasteiger partial charge in [0.1, 0.15) is 5.82 Å². The third kappa shape index (κ3) is 3.06. The van der Waals surface area contributed by atoms with Gasteiger partial charge in [0.05, 0.1) is 5.56 Å². The lowest BCUT2D eigenvalue weighted by molar-refractivity contribution is 0.0953. The molecule has 1 fully saturated rings. The van der Waals surface area contributed by atoms with E-state index in [4.69, 9.17) is 0 Å². The summed E-state index contributed by atoms with van der Waals surface area (Å²) in [5.41, 5.74) is 0.636. The standard InChI is InChI=1S/C15H23N3O/c1-4-8-16-15(19)13-5-6-14(17-10-13)18-9-7-11(2)12(18)3/h5-6,10-12H,4,7-9H2,1-3H3,(H,16,19). The number of amides is 1. The first-order valence-corrected chi connectivity index (χ1v) is 7.14. The summed E-state index contributed by atoms with van der Waals surface area (Å²) in [6.45, 7) is 8.31. The van der Waals surface area contributed by atoms with Gasteiger partial charge in [0.25, 0.3) is 5.91 Å². The summed E-state index contributed by atoms with van der Waals surface area (Å²) >= 11 is 0. The zero-order valence-corrected chi connectivity index (χ0v) is 12.0. The minimum atomic E-state index is -0.0382. The average Bonchev–Trinajstić information content (AvgIpc) is 2.76. The van der Waals surface area contributed by atoms with Crippen molar-refractivity contribution in [1.29, 1.82) is 0 Å². The molecule has 1 aromatic rings. The molecule has 1 N–H and O–H groups in total. The smallest absolute Gasteiger partial charge is 0.252 e. The SMILES string of the molecule is CCCNC(=O)c1ccc(N2CCC(C)C2C)nc1. The lowest BCUT2D eigenvalue weighted by atomic mass is 10.1. The van der Waals surface area contributed by atoms with Crippen molar-refractivity contribution in [2.24, 2.45) is 5.92 Å². The highest BCUT2D eigenvalue weighted by atomic mass is 16.1. The maximum absolute atomic E-state index is 11.8. The van der Waals surface area contributed by atoms with Crippen LogP contribution in [0.15, 0.2) is 18.3 Å². The van der Waals surface area contributed by atoms with Crippen LogP contribution < -0.4 is 10.2 Å². The van der Waals surface area contributed by atoms with E-state index in [2.05, 4.69) is 29.0 Å². The highest BCUT2D eigenvalue weighted by molar-refractivity contribution is 5.94. The number of carbonyl (C=O) groups excluding carboxylic acids is 1. The van der Waals surface area contributed by atoms with Crippen LogP contribution in [-0.4, -0.2) is 30.0 Å². The van der Waals surface area contributed by atoms with Crippen LogP contribution in [0.25, 0.3) is 0 Å². The number of pyridine rings is 1. The Labute approximate surface area is 115 Å². The molecule has 0 spiro atoms. The van der Waals surface area contributed by atoms with Crippen molar-refractivity contribution in [2.75, 3.05) is 18.0 Å². The molecule has 0 saturated carbocycles. The maximum Gasteiger partial charge on any atom is 0.252 e. The second-order valence-electron chi connectivity index (χ2n) is 5.36. The summed E-state index contributed by atoms with van der Waals surface area (Å²) in [5.74, 6) is 1.64. The summed E-state index contributed by atoms with van der Waals surface area (Å²) in [6.07, 6.45) is 3.83. The maximum atomic E-state index is 11.8. The lowest BCUT2D eigenvalue weighted by Crippen LogP contribution is -2.30. The number of anilines is 1. The molecule has 2 rings (SSSR count). The van der Waals surface area contributed by atoms with E-state index < -0.39 is 0 Å². The molecule has 0 bridgehead atoms. The van der Waals surface area contributed by atoms with Gasteiger partial charge < -0.3 is 10.2 Å². The van der Waals surface area contributed by atoms with Gasteiger partial charge in [0, 0.05) is 25.3 Å². The Morgan fingerprint density at radius 2 is 2.26 bits per heavy atom. The van der Waals surface area contributed by atoms with E-state index in [1.165, 1.54) is 6.42 Å². The van der Waals surface area contributed by atoms with Crippen molar-refractivity contribution in [3.63, 3.8) is 0 Å². The summed E-state index contributed by atoms with van der Waals surface area (Å²) in [7, 11) is 0. The predicted octanol–water partition coefficient (Wildman–Crippen LogP) is 2.46. The van der Waals surface area contributed by atoms with Gasteiger partial charge in [-0.15, -0.1) is 0 Å². The third-order valence-electron chi connectivity index (χ3n) is 3.98. The molecule has 0 aliphatic carbocycles. The zero-order chi connectivity index (χ0) is 13.8. The van der Waals surface area contributed by atoms with Gasteiger partial charge in [-0.2, -0.15) is 0 Å². The highest BCUT2D eigenvalue weighted by Crippen LogP contribution is 2.27. The average molecular weight is 261 g/mol. The monoisotopic (exact) mass is 261 g/mol. The Morgan fingerprint density at radius 3 is 2.79 bits per heavy atom. The molecule has 1 aromatic heterocycles. The Hall–Kier alpha value is -1.58. The van der Waals surface area contributed by atoms with Crippen molar-refractivity contribution >= 4 is 11.7 Å². The van der Waals surface area contributed by atoms with Crippen molar-refractivity contribution in [3.8, 4) is 0 Å². The fourth-order valence-electron chi connectivity index (χ4n) is 2.45. The van der Waals surface area contributed by atoms with E-state index in [1.807, 2.05) is 19.1 Å². The Morgan fingerprint density at radius 1 is 1.47 bits per heavy atom. The minimum absolute atomic E-state index is 0.0382. The van der Waals surface area contributed by atoms with Gasteiger partial charge in [-0.05, 0) is 37.8 Å². The molecule has 4 nitrogen and oxygen atoms in total. The van der Waals surface area contributed by atoms with Gasteiger partial charge in [0.15, 0.2) is 0 Å². The first-order chi connectivity index (χ1) is 9.13. The Kier molecular flexibility index (Phi) is 4.40. The molecule has 1 aliphatic rings. The highest BCUT2D eigenvalue weighted by Gasteiger charge is 2.28. The molecule has 0 aromatic carbocycles. The van der Waals surface area contributed by atoms with E-state index in [0.29, 0.717) is 24.1 Å². The van der Waals surface area contributed by atoms with Crippen molar-refractivity contribution in [1.82, 2.24) is 10.3 Å². The molecule has 1 amide bonds. The summed E-state index contributed by atoms with van der Waals surface area (Å²) < 4.78 is 0. The first kappa shape index (κ1) is 13.8. The number of aromatic nitrogens is 1. The van der Waals surface area contributed by atoms with Crippen LogP contribution in [0.5, 0.6) is 0 Å². The molecule has 104 valence electrons. The quantitative estimate of drug-likeness (QED) is 0.905. The number of nitrogens with zero attached hydrogens (tertiary/aromatic N) is 2. The molecule has 1 aliphatic heterocycles. The first-order valence-electron chi connectivity index (χ1n) is 7.14. The van der Waals surface area contributed by atoms with Gasteiger partial charge in [0.2, 0.25) is 0 Å². The molecule has 4 heteroatoms. The van der Waals surface area contributed by atoms with Crippen LogP contribution in [-0.2, 0) is 0 Å². The number of nitrogens with one attached hydrogen (secondary N) is 1. The third-order valence-corrected chi connectivity index (χ3v) is 3.98. The second-order valence-corrected chi connectivity index (χ2v) is 5.36. The van der Waals surface area contributed by atoms with E-state index in [0.717, 1.165) is 18.8 Å². The van der Waals surface area contributed by atoms with Crippen LogP contribution >= 0.6 is 0 Å². The minimum Gasteiger partial charge on any atom is -0.354 e. The fraction of sp³-hybridized carbons (Fsp3) is 0.600. The van der Waals surface area contributed by atoms with E-state index in [9.17, 15) is 4.79 Å². The van der Waals surface area contributed by atoms with Crippen LogP contribution in [0.1, 0.15) is 44.0 Å². The lowest BCUT2D eigenvalue weighted by Gasteiger charge is -2.24. The van der Waals surface area contributed by atoms with E-state index in [-0.39, 0.29) is 5.91 Å². The zero-order valence-electron chi connectivity index (χ0n) is 12.0. The summed E-state index contributed by atoms with van der Waals surface area (Å²) in [6, 6.07) is 4.34. The topological polar surface area (TPSA) is 45.2 Å². The van der Waals surface area contributed by atoms with E-state index >= 15 is 0 Å². The van der Waals surface area contributed by atoms with E-state index in [1.54, 1.807) is 6.20 Å². The largest absolute Gasteiger partial charge is 0.354 e. The van der Waals surface area contributed by atoms with Crippen molar-refractivity contribution in [3.05, 3.63) is 23.9 Å². The van der Waals surface area contributed by atoms with Crippen molar-refractivity contribution in [2.45, 2.75) is 39.7 Å². The number of hydrogen-bond acceptors (Lipinski definition) is 3. The molecule has 2 heterocycles. The van der Waals surface area contributed by atoms with Gasteiger partial charge in [-0.1, -0.05) is 13.8 Å². The second kappa shape index (κ2) is 6.04. The van der Waals surface area contributed by atoms with Crippen LogP contribution in [0.3, 0.4) is 0 Å². The van der Waals surface area contributed by atoms with Gasteiger partial charge >= 0.3 is 0 Å². The van der Waals surface area contributed by atoms with Crippen LogP contribution in [0.2, 0.25) is 0 Å². The molecule has 0 radical (unpaired) electrons. The number of carbonyl (C=O) groups is 1. The summed E-state index contributed by atoms with van der Waals surface area (Å²) in [4.78, 5) is 18.5. The van der Waals surface area contributed by atoms with Crippen LogP contribution in [0.4, 0.5) is 5.82 Å². The van der Waals surface area contributed by atoms with Gasteiger partial charge in [-0.3, -0.25) is 4.79 Å². The van der Waals surface area contributed by atoms with Gasteiger partial charge in [-0.25, -0.2) is 4.98 Å². The fourth-order valence-corrected chi connectivity index (χ4v) is 2.45.